The summed E-state index contributed by atoms with van der Waals surface area (Å²) in [6.07, 6.45) is 4.36. The summed E-state index contributed by atoms with van der Waals surface area (Å²) in [5.41, 5.74) is 1.12. The minimum absolute atomic E-state index is 0.0751. The van der Waals surface area contributed by atoms with Crippen LogP contribution in [0.15, 0.2) is 59.8 Å². The lowest BCUT2D eigenvalue weighted by Crippen LogP contribution is -2.63. The fraction of sp³-hybridized carbons (Fsp3) is 0.350. The van der Waals surface area contributed by atoms with Crippen LogP contribution in [0.3, 0.4) is 0 Å². The third kappa shape index (κ3) is 3.64. The zero-order chi connectivity index (χ0) is 19.7. The normalized spacial score (nSPS) is 26.0. The van der Waals surface area contributed by atoms with Gasteiger partial charge in [0, 0.05) is 29.2 Å². The molecule has 6 nitrogen and oxygen atoms in total. The maximum Gasteiger partial charge on any atom is 0.230 e. The quantitative estimate of drug-likeness (QED) is 0.522. The van der Waals surface area contributed by atoms with E-state index in [0.717, 1.165) is 17.0 Å². The lowest BCUT2D eigenvalue weighted by molar-refractivity contribution is -0.688. The van der Waals surface area contributed by atoms with E-state index >= 15 is 0 Å². The first-order valence-corrected chi connectivity index (χ1v) is 10.9. The number of thioether (sulfide) groups is 2. The van der Waals surface area contributed by atoms with Crippen molar-refractivity contribution in [3.8, 4) is 0 Å². The highest BCUT2D eigenvalue weighted by Gasteiger charge is 2.58. The van der Waals surface area contributed by atoms with Gasteiger partial charge in [-0.25, -0.2) is 4.57 Å². The van der Waals surface area contributed by atoms with E-state index in [4.69, 9.17) is 5.11 Å². The fourth-order valence-electron chi connectivity index (χ4n) is 3.67. The average molecular weight is 417 g/mol. The number of aliphatic hydroxyl groups is 1. The van der Waals surface area contributed by atoms with E-state index < -0.39 is 12.0 Å². The van der Waals surface area contributed by atoms with Gasteiger partial charge < -0.3 is 19.9 Å². The highest BCUT2D eigenvalue weighted by Crippen LogP contribution is 2.53. The van der Waals surface area contributed by atoms with Crippen molar-refractivity contribution in [1.29, 1.82) is 0 Å². The molecule has 4 atom stereocenters. The number of aliphatic hydroxyl groups excluding tert-OH is 1. The van der Waals surface area contributed by atoms with E-state index in [0.29, 0.717) is 6.42 Å². The second-order valence-corrected chi connectivity index (χ2v) is 9.61. The zero-order valence-corrected chi connectivity index (χ0v) is 16.6. The van der Waals surface area contributed by atoms with E-state index in [1.807, 2.05) is 48.8 Å². The van der Waals surface area contributed by atoms with Crippen LogP contribution >= 0.6 is 23.5 Å². The van der Waals surface area contributed by atoms with Crippen LogP contribution in [-0.2, 0) is 16.1 Å². The Bertz CT molecular complexity index is 880. The molecule has 0 saturated carbocycles. The molecule has 0 radical (unpaired) electrons. The maximum atomic E-state index is 12.3. The minimum atomic E-state index is -1.22. The first-order valence-electron chi connectivity index (χ1n) is 9.07. The van der Waals surface area contributed by atoms with Crippen LogP contribution in [0.25, 0.3) is 0 Å². The van der Waals surface area contributed by atoms with Crippen LogP contribution in [0.1, 0.15) is 12.0 Å². The van der Waals surface area contributed by atoms with Crippen molar-refractivity contribution in [2.24, 2.45) is 5.92 Å². The Morgan fingerprint density at radius 2 is 2.04 bits per heavy atom. The number of benzene rings is 1. The Morgan fingerprint density at radius 1 is 1.25 bits per heavy atom. The Balaban J connectivity index is 1.50. The number of aliphatic carboxylic acids is 1. The number of hydrogen-bond donors (Lipinski definition) is 1. The van der Waals surface area contributed by atoms with Gasteiger partial charge >= 0.3 is 0 Å². The lowest BCUT2D eigenvalue weighted by Gasteiger charge is -2.44. The Labute approximate surface area is 171 Å². The molecule has 2 saturated heterocycles. The number of pyridine rings is 1. The number of carbonyl (C=O) groups is 2. The van der Waals surface area contributed by atoms with Crippen molar-refractivity contribution < 1.29 is 24.4 Å². The number of β-lactam (4-membered cyclic amide) rings is 1. The van der Waals surface area contributed by atoms with Crippen LogP contribution in [0.4, 0.5) is 0 Å². The summed E-state index contributed by atoms with van der Waals surface area (Å²) < 4.78 is 1.74. The highest BCUT2D eigenvalue weighted by atomic mass is 32.2. The highest BCUT2D eigenvalue weighted by molar-refractivity contribution is 8.17. The van der Waals surface area contributed by atoms with Crippen molar-refractivity contribution in [1.82, 2.24) is 4.90 Å². The molecule has 1 aromatic heterocycles. The fourth-order valence-corrected chi connectivity index (χ4v) is 7.06. The largest absolute Gasteiger partial charge is 0.548 e. The van der Waals surface area contributed by atoms with Crippen LogP contribution in [0, 0.1) is 5.92 Å². The third-order valence-electron chi connectivity index (χ3n) is 5.00. The molecule has 2 fully saturated rings. The standard InChI is InChI=1S/C20H20N2O4S2/c23-10-7-15-17(24)22-16(19(25)26)20(28-18(15)22)27-14-6-4-5-13(11-14)12-21-8-2-1-3-9-21/h1-6,8-9,11,15-16,18,20,23H,7,10,12H2/t15-,16?,18?,20?/m0/s1. The molecule has 0 bridgehead atoms. The molecule has 3 heterocycles. The molecule has 2 aromatic rings. The molecule has 2 aliphatic heterocycles. The van der Waals surface area contributed by atoms with Crippen molar-refractivity contribution in [2.75, 3.05) is 6.61 Å². The average Bonchev–Trinajstić information content (AvgIpc) is 3.02. The molecule has 4 rings (SSSR count). The van der Waals surface area contributed by atoms with E-state index in [1.165, 1.54) is 28.4 Å². The van der Waals surface area contributed by atoms with E-state index in [2.05, 4.69) is 10.6 Å². The summed E-state index contributed by atoms with van der Waals surface area (Å²) in [6.45, 7) is 0.650. The van der Waals surface area contributed by atoms with Gasteiger partial charge in [-0.2, -0.15) is 0 Å². The van der Waals surface area contributed by atoms with Crippen LogP contribution in [0.2, 0.25) is 0 Å². The maximum absolute atomic E-state index is 12.3. The summed E-state index contributed by atoms with van der Waals surface area (Å²) >= 11 is 2.94. The zero-order valence-electron chi connectivity index (χ0n) is 15.0. The molecule has 3 unspecified atom stereocenters. The molecular weight excluding hydrogens is 396 g/mol. The van der Waals surface area contributed by atoms with Gasteiger partial charge in [0.1, 0.15) is 0 Å². The number of carbonyl (C=O) groups excluding carboxylic acids is 2. The molecule has 1 N–H and O–H groups in total. The number of carboxylic acid groups (broad SMARTS) is 1. The monoisotopic (exact) mass is 416 g/mol. The topological polar surface area (TPSA) is 84.5 Å². The molecule has 28 heavy (non-hydrogen) atoms. The van der Waals surface area contributed by atoms with Crippen molar-refractivity contribution >= 4 is 35.4 Å². The first-order chi connectivity index (χ1) is 13.6. The van der Waals surface area contributed by atoms with Gasteiger partial charge in [-0.3, -0.25) is 4.79 Å². The second kappa shape index (κ2) is 8.14. The molecule has 2 aliphatic rings. The Morgan fingerprint density at radius 3 is 2.75 bits per heavy atom. The van der Waals surface area contributed by atoms with E-state index in [1.54, 1.807) is 0 Å². The van der Waals surface area contributed by atoms with Crippen molar-refractivity contribution in [3.05, 3.63) is 60.4 Å². The molecule has 1 amide bonds. The number of hydrogen-bond acceptors (Lipinski definition) is 6. The van der Waals surface area contributed by atoms with Crippen LogP contribution < -0.4 is 9.67 Å². The molecule has 0 aliphatic carbocycles. The SMILES string of the molecule is O=C([O-])C1C(Sc2cccc(C[n+]3ccccc3)c2)SC2[C@@H](CCO)C(=O)N12. The predicted octanol–water partition coefficient (Wildman–Crippen LogP) is 0.473. The van der Waals surface area contributed by atoms with Crippen LogP contribution in [0.5, 0.6) is 0 Å². The Kier molecular flexibility index (Phi) is 5.61. The number of aromatic nitrogens is 1. The van der Waals surface area contributed by atoms with Gasteiger partial charge in [0.05, 0.1) is 27.9 Å². The van der Waals surface area contributed by atoms with Gasteiger partial charge in [-0.15, -0.1) is 23.5 Å². The molecule has 8 heteroatoms. The summed E-state index contributed by atoms with van der Waals surface area (Å²) in [5, 5.41) is 20.7. The molecule has 0 spiro atoms. The molecule has 146 valence electrons. The number of rotatable bonds is 7. The van der Waals surface area contributed by atoms with Gasteiger partial charge in [0.25, 0.3) is 0 Å². The number of nitrogens with zero attached hydrogens (tertiary/aromatic N) is 2. The van der Waals surface area contributed by atoms with Gasteiger partial charge in [-0.1, -0.05) is 18.2 Å². The predicted molar refractivity (Wildman–Crippen MR) is 104 cm³/mol. The number of fused-ring (bicyclic) bond motifs is 1. The molecule has 1 aromatic carbocycles. The second-order valence-electron chi connectivity index (χ2n) is 6.84. The van der Waals surface area contributed by atoms with Gasteiger partial charge in [0.2, 0.25) is 5.91 Å². The van der Waals surface area contributed by atoms with Gasteiger partial charge in [0.15, 0.2) is 18.9 Å². The van der Waals surface area contributed by atoms with E-state index in [9.17, 15) is 14.7 Å². The number of amides is 1. The first kappa shape index (κ1) is 19.3. The summed E-state index contributed by atoms with van der Waals surface area (Å²) in [7, 11) is 0. The van der Waals surface area contributed by atoms with Crippen molar-refractivity contribution in [2.45, 2.75) is 33.9 Å². The smallest absolute Gasteiger partial charge is 0.230 e. The third-order valence-corrected chi connectivity index (χ3v) is 7.99. The summed E-state index contributed by atoms with van der Waals surface area (Å²) in [6, 6.07) is 13.0. The van der Waals surface area contributed by atoms with Crippen LogP contribution in [-0.4, -0.2) is 44.5 Å². The summed E-state index contributed by atoms with van der Waals surface area (Å²) in [5.74, 6) is -1.72. The Hall–Kier alpha value is -2.03. The number of carboxylic acids is 1. The minimum Gasteiger partial charge on any atom is -0.548 e. The van der Waals surface area contributed by atoms with Crippen molar-refractivity contribution in [3.63, 3.8) is 0 Å². The lowest BCUT2D eigenvalue weighted by atomic mass is 9.93. The molecular formula is C20H20N2O4S2. The summed E-state index contributed by atoms with van der Waals surface area (Å²) in [4.78, 5) is 26.4. The van der Waals surface area contributed by atoms with E-state index in [-0.39, 0.29) is 28.4 Å². The van der Waals surface area contributed by atoms with Gasteiger partial charge in [-0.05, 0) is 18.6 Å².